The maximum Gasteiger partial charge on any atom is 0.417 e. The second kappa shape index (κ2) is 8.71. The van der Waals surface area contributed by atoms with E-state index in [0.717, 1.165) is 24.2 Å². The van der Waals surface area contributed by atoms with Crippen molar-refractivity contribution in [2.75, 3.05) is 0 Å². The van der Waals surface area contributed by atoms with E-state index in [0.29, 0.717) is 25.7 Å². The van der Waals surface area contributed by atoms with Gasteiger partial charge in [-0.15, -0.1) is 0 Å². The molecule has 1 fully saturated rings. The number of aromatic nitrogens is 1. The summed E-state index contributed by atoms with van der Waals surface area (Å²) in [7, 11) is -3.59. The fourth-order valence-electron chi connectivity index (χ4n) is 3.28. The van der Waals surface area contributed by atoms with Crippen molar-refractivity contribution in [3.05, 3.63) is 53.7 Å². The van der Waals surface area contributed by atoms with Crippen molar-refractivity contribution in [2.45, 2.75) is 62.2 Å². The van der Waals surface area contributed by atoms with Gasteiger partial charge in [0.25, 0.3) is 0 Å². The van der Waals surface area contributed by atoms with E-state index in [1.807, 2.05) is 6.92 Å². The number of alkyl halides is 3. The van der Waals surface area contributed by atoms with Gasteiger partial charge >= 0.3 is 6.18 Å². The number of benzene rings is 1. The molecule has 0 atom stereocenters. The van der Waals surface area contributed by atoms with E-state index < -0.39 is 21.8 Å². The van der Waals surface area contributed by atoms with Gasteiger partial charge in [-0.2, -0.15) is 13.2 Å². The molecule has 0 saturated heterocycles. The minimum Gasteiger partial charge on any atom is -0.474 e. The Bertz CT molecular complexity index is 905. The molecule has 0 amide bonds. The average molecular weight is 428 g/mol. The maximum absolute atomic E-state index is 12.6. The Morgan fingerprint density at radius 3 is 2.24 bits per heavy atom. The van der Waals surface area contributed by atoms with Gasteiger partial charge in [-0.1, -0.05) is 19.1 Å². The minimum atomic E-state index is -4.43. The molecule has 1 aromatic carbocycles. The summed E-state index contributed by atoms with van der Waals surface area (Å²) in [5, 5.41) is 0. The SMILES string of the molecule is CCc1ccc(S(=O)(=O)NC2CCC(Oc3ccc(C(F)(F)F)cn3)CC2)cc1. The highest BCUT2D eigenvalue weighted by molar-refractivity contribution is 7.89. The summed E-state index contributed by atoms with van der Waals surface area (Å²) in [5.74, 6) is 0.137. The molecule has 0 unspecified atom stereocenters. The zero-order chi connectivity index (χ0) is 21.1. The fraction of sp³-hybridized carbons (Fsp3) is 0.450. The molecule has 0 bridgehead atoms. The number of pyridine rings is 1. The number of rotatable bonds is 6. The maximum atomic E-state index is 12.6. The van der Waals surface area contributed by atoms with E-state index in [9.17, 15) is 21.6 Å². The molecule has 1 aliphatic rings. The van der Waals surface area contributed by atoms with Crippen LogP contribution in [-0.4, -0.2) is 25.5 Å². The molecule has 1 heterocycles. The van der Waals surface area contributed by atoms with Gasteiger partial charge in [0, 0.05) is 18.3 Å². The fourth-order valence-corrected chi connectivity index (χ4v) is 4.58. The van der Waals surface area contributed by atoms with Gasteiger partial charge < -0.3 is 4.74 Å². The third-order valence-electron chi connectivity index (χ3n) is 4.99. The van der Waals surface area contributed by atoms with Crippen LogP contribution in [0.4, 0.5) is 13.2 Å². The third kappa shape index (κ3) is 5.70. The predicted octanol–water partition coefficient (Wildman–Crippen LogP) is 4.33. The lowest BCUT2D eigenvalue weighted by molar-refractivity contribution is -0.137. The summed E-state index contributed by atoms with van der Waals surface area (Å²) in [6, 6.07) is 8.75. The highest BCUT2D eigenvalue weighted by Crippen LogP contribution is 2.30. The molecule has 0 spiro atoms. The van der Waals surface area contributed by atoms with Crippen LogP contribution in [0.5, 0.6) is 5.88 Å². The molecule has 0 radical (unpaired) electrons. The van der Waals surface area contributed by atoms with Crippen LogP contribution in [0.25, 0.3) is 0 Å². The van der Waals surface area contributed by atoms with Gasteiger partial charge in [-0.05, 0) is 55.9 Å². The van der Waals surface area contributed by atoms with Gasteiger partial charge in [0.1, 0.15) is 6.10 Å². The number of sulfonamides is 1. The number of aryl methyl sites for hydroxylation is 1. The zero-order valence-corrected chi connectivity index (χ0v) is 16.8. The molecule has 3 rings (SSSR count). The Hall–Kier alpha value is -2.13. The average Bonchev–Trinajstić information content (AvgIpc) is 2.69. The molecule has 1 aromatic heterocycles. The number of nitrogens with zero attached hydrogens (tertiary/aromatic N) is 1. The quantitative estimate of drug-likeness (QED) is 0.744. The van der Waals surface area contributed by atoms with Crippen LogP contribution in [0.2, 0.25) is 0 Å². The highest BCUT2D eigenvalue weighted by Gasteiger charge is 2.31. The van der Waals surface area contributed by atoms with Crippen LogP contribution < -0.4 is 9.46 Å². The molecule has 9 heteroatoms. The Balaban J connectivity index is 1.52. The number of hydrogen-bond donors (Lipinski definition) is 1. The number of nitrogens with one attached hydrogen (secondary N) is 1. The van der Waals surface area contributed by atoms with Gasteiger partial charge in [0.05, 0.1) is 10.5 Å². The summed E-state index contributed by atoms with van der Waals surface area (Å²) >= 11 is 0. The van der Waals surface area contributed by atoms with Crippen LogP contribution >= 0.6 is 0 Å². The summed E-state index contributed by atoms with van der Waals surface area (Å²) in [4.78, 5) is 3.96. The third-order valence-corrected chi connectivity index (χ3v) is 6.53. The van der Waals surface area contributed by atoms with Crippen molar-refractivity contribution in [2.24, 2.45) is 0 Å². The first-order valence-corrected chi connectivity index (χ1v) is 11.0. The first kappa shape index (κ1) is 21.6. The molecule has 0 aliphatic heterocycles. The largest absolute Gasteiger partial charge is 0.474 e. The van der Waals surface area contributed by atoms with E-state index in [1.165, 1.54) is 6.07 Å². The van der Waals surface area contributed by atoms with Gasteiger partial charge in [-0.3, -0.25) is 0 Å². The second-order valence-electron chi connectivity index (χ2n) is 7.09. The van der Waals surface area contributed by atoms with Crippen molar-refractivity contribution < 1.29 is 26.3 Å². The zero-order valence-electron chi connectivity index (χ0n) is 15.9. The minimum absolute atomic E-state index is 0.137. The van der Waals surface area contributed by atoms with Gasteiger partial charge in [0.15, 0.2) is 0 Å². The molecule has 158 valence electrons. The van der Waals surface area contributed by atoms with E-state index in [1.54, 1.807) is 24.3 Å². The topological polar surface area (TPSA) is 68.3 Å². The second-order valence-corrected chi connectivity index (χ2v) is 8.81. The lowest BCUT2D eigenvalue weighted by Crippen LogP contribution is -2.39. The van der Waals surface area contributed by atoms with Gasteiger partial charge in [-0.25, -0.2) is 18.1 Å². The van der Waals surface area contributed by atoms with E-state index in [2.05, 4.69) is 9.71 Å². The highest BCUT2D eigenvalue weighted by atomic mass is 32.2. The summed E-state index contributed by atoms with van der Waals surface area (Å²) in [6.07, 6.45) is -0.712. The molecule has 29 heavy (non-hydrogen) atoms. The molecular weight excluding hydrogens is 405 g/mol. The predicted molar refractivity (Wildman–Crippen MR) is 102 cm³/mol. The first-order valence-electron chi connectivity index (χ1n) is 9.48. The van der Waals surface area contributed by atoms with E-state index in [-0.39, 0.29) is 22.9 Å². The monoisotopic (exact) mass is 428 g/mol. The molecular formula is C20H23F3N2O3S. The Morgan fingerprint density at radius 1 is 1.07 bits per heavy atom. The van der Waals surface area contributed by atoms with Crippen molar-refractivity contribution >= 4 is 10.0 Å². The van der Waals surface area contributed by atoms with Crippen LogP contribution in [0, 0.1) is 0 Å². The van der Waals surface area contributed by atoms with Crippen molar-refractivity contribution in [3.8, 4) is 5.88 Å². The van der Waals surface area contributed by atoms with Crippen molar-refractivity contribution in [3.63, 3.8) is 0 Å². The van der Waals surface area contributed by atoms with E-state index in [4.69, 9.17) is 4.74 Å². The van der Waals surface area contributed by atoms with Crippen LogP contribution in [0.1, 0.15) is 43.7 Å². The Morgan fingerprint density at radius 2 is 1.72 bits per heavy atom. The summed E-state index contributed by atoms with van der Waals surface area (Å²) in [6.45, 7) is 2.00. The lowest BCUT2D eigenvalue weighted by atomic mass is 9.94. The summed E-state index contributed by atoms with van der Waals surface area (Å²) < 4.78 is 71.2. The van der Waals surface area contributed by atoms with Crippen LogP contribution in [-0.2, 0) is 22.6 Å². The van der Waals surface area contributed by atoms with Crippen LogP contribution in [0.3, 0.4) is 0 Å². The molecule has 5 nitrogen and oxygen atoms in total. The molecule has 1 saturated carbocycles. The van der Waals surface area contributed by atoms with E-state index >= 15 is 0 Å². The number of halogens is 3. The lowest BCUT2D eigenvalue weighted by Gasteiger charge is -2.29. The molecule has 1 aliphatic carbocycles. The molecule has 1 N–H and O–H groups in total. The standard InChI is InChI=1S/C20H23F3N2O3S/c1-2-14-3-10-18(11-4-14)29(26,27)25-16-6-8-17(9-7-16)28-19-12-5-15(13-24-19)20(21,22)23/h3-5,10-13,16-17,25H,2,6-9H2,1H3. The summed E-state index contributed by atoms with van der Waals surface area (Å²) in [5.41, 5.74) is 0.244. The van der Waals surface area contributed by atoms with Crippen molar-refractivity contribution in [1.82, 2.24) is 9.71 Å². The normalized spacial score (nSPS) is 20.4. The first-order chi connectivity index (χ1) is 13.7. The Kier molecular flexibility index (Phi) is 6.48. The molecule has 2 aromatic rings. The van der Waals surface area contributed by atoms with Crippen molar-refractivity contribution in [1.29, 1.82) is 0 Å². The van der Waals surface area contributed by atoms with Crippen LogP contribution in [0.15, 0.2) is 47.5 Å². The smallest absolute Gasteiger partial charge is 0.417 e. The Labute approximate surface area is 168 Å². The number of ether oxygens (including phenoxy) is 1. The number of hydrogen-bond acceptors (Lipinski definition) is 4. The van der Waals surface area contributed by atoms with Gasteiger partial charge in [0.2, 0.25) is 15.9 Å².